The molecule has 0 saturated carbocycles. The number of carbonyl (C=O) groups is 3. The third-order valence-electron chi connectivity index (χ3n) is 3.18. The summed E-state index contributed by atoms with van der Waals surface area (Å²) in [6.07, 6.45) is 0.449. The Kier molecular flexibility index (Phi) is 6.80. The first kappa shape index (κ1) is 18.7. The summed E-state index contributed by atoms with van der Waals surface area (Å²) in [5.74, 6) is -0.0699. The zero-order valence-electron chi connectivity index (χ0n) is 12.6. The highest BCUT2D eigenvalue weighted by molar-refractivity contribution is 6.06. The van der Waals surface area contributed by atoms with Crippen molar-refractivity contribution in [1.82, 2.24) is 5.32 Å². The second-order valence-electron chi connectivity index (χ2n) is 4.73. The Morgan fingerprint density at radius 1 is 1.43 bits per heavy atom. The molecule has 8 nitrogen and oxygen atoms in total. The van der Waals surface area contributed by atoms with E-state index in [1.165, 1.54) is 12.0 Å². The van der Waals surface area contributed by atoms with Gasteiger partial charge < -0.3 is 15.8 Å². The lowest BCUT2D eigenvalue weighted by atomic mass is 10.2. The molecule has 4 amide bonds. The number of hydrogen-bond donors (Lipinski definition) is 3. The molecule has 0 spiro atoms. The molecule has 0 aromatic heterocycles. The fourth-order valence-electron chi connectivity index (χ4n) is 2.13. The van der Waals surface area contributed by atoms with E-state index < -0.39 is 6.03 Å². The molecule has 1 aliphatic rings. The van der Waals surface area contributed by atoms with Crippen LogP contribution < -0.4 is 26.0 Å². The Hall–Kier alpha value is -2.32. The third kappa shape index (κ3) is 4.57. The summed E-state index contributed by atoms with van der Waals surface area (Å²) in [6, 6.07) is 4.45. The molecule has 1 heterocycles. The van der Waals surface area contributed by atoms with E-state index in [4.69, 9.17) is 10.5 Å². The molecule has 2 rings (SSSR count). The van der Waals surface area contributed by atoms with Crippen molar-refractivity contribution in [3.63, 3.8) is 0 Å². The van der Waals surface area contributed by atoms with Gasteiger partial charge in [0, 0.05) is 37.7 Å². The summed E-state index contributed by atoms with van der Waals surface area (Å²) in [7, 11) is 1.47. The van der Waals surface area contributed by atoms with Gasteiger partial charge in [0.25, 0.3) is 0 Å². The number of nitrogens with zero attached hydrogens (tertiary/aromatic N) is 1. The number of urea groups is 1. The summed E-state index contributed by atoms with van der Waals surface area (Å²) in [6.45, 7) is 0.545. The SMILES string of the molecule is COc1cc(NC(=O)CCN)ccc1N1CCC(=O)NC1=O.Cl. The number of benzene rings is 1. The number of carbonyl (C=O) groups excluding carboxylic acids is 3. The Labute approximate surface area is 139 Å². The van der Waals surface area contributed by atoms with E-state index in [9.17, 15) is 14.4 Å². The van der Waals surface area contributed by atoms with Crippen LogP contribution in [0.15, 0.2) is 18.2 Å². The molecule has 1 fully saturated rings. The Morgan fingerprint density at radius 3 is 2.78 bits per heavy atom. The van der Waals surface area contributed by atoms with Crippen molar-refractivity contribution in [2.24, 2.45) is 5.73 Å². The lowest BCUT2D eigenvalue weighted by molar-refractivity contribution is -0.120. The molecule has 4 N–H and O–H groups in total. The van der Waals surface area contributed by atoms with Crippen molar-refractivity contribution in [3.8, 4) is 5.75 Å². The molecule has 1 aliphatic heterocycles. The second kappa shape index (κ2) is 8.35. The highest BCUT2D eigenvalue weighted by Crippen LogP contribution is 2.32. The molecule has 0 radical (unpaired) electrons. The van der Waals surface area contributed by atoms with Crippen LogP contribution in [-0.2, 0) is 9.59 Å². The highest BCUT2D eigenvalue weighted by Gasteiger charge is 2.26. The Morgan fingerprint density at radius 2 is 2.17 bits per heavy atom. The first-order valence-corrected chi connectivity index (χ1v) is 6.84. The monoisotopic (exact) mass is 342 g/mol. The average Bonchev–Trinajstić information content (AvgIpc) is 2.48. The number of nitrogens with two attached hydrogens (primary N) is 1. The predicted molar refractivity (Wildman–Crippen MR) is 88.0 cm³/mol. The number of nitrogens with one attached hydrogen (secondary N) is 2. The van der Waals surface area contributed by atoms with Crippen molar-refractivity contribution in [1.29, 1.82) is 0 Å². The van der Waals surface area contributed by atoms with E-state index in [1.54, 1.807) is 18.2 Å². The fraction of sp³-hybridized carbons (Fsp3) is 0.357. The van der Waals surface area contributed by atoms with Gasteiger partial charge in [-0.1, -0.05) is 0 Å². The number of ether oxygens (including phenoxy) is 1. The maximum atomic E-state index is 11.9. The van der Waals surface area contributed by atoms with Crippen molar-refractivity contribution in [2.45, 2.75) is 12.8 Å². The van der Waals surface area contributed by atoms with Gasteiger partial charge in [0.15, 0.2) is 0 Å². The molecule has 126 valence electrons. The normalized spacial score (nSPS) is 13.9. The zero-order chi connectivity index (χ0) is 16.1. The zero-order valence-corrected chi connectivity index (χ0v) is 13.4. The second-order valence-corrected chi connectivity index (χ2v) is 4.73. The van der Waals surface area contributed by atoms with Crippen LogP contribution >= 0.6 is 12.4 Å². The minimum Gasteiger partial charge on any atom is -0.494 e. The number of amides is 4. The summed E-state index contributed by atoms with van der Waals surface area (Å²) >= 11 is 0. The van der Waals surface area contributed by atoms with Crippen LogP contribution in [0.3, 0.4) is 0 Å². The number of imide groups is 1. The van der Waals surface area contributed by atoms with Crippen molar-refractivity contribution in [2.75, 3.05) is 30.4 Å². The van der Waals surface area contributed by atoms with Gasteiger partial charge in [-0.15, -0.1) is 12.4 Å². The molecular formula is C14H19ClN4O4. The van der Waals surface area contributed by atoms with E-state index in [-0.39, 0.29) is 50.2 Å². The number of rotatable bonds is 5. The van der Waals surface area contributed by atoms with E-state index in [0.29, 0.717) is 17.1 Å². The number of hydrogen-bond acceptors (Lipinski definition) is 5. The average molecular weight is 343 g/mol. The molecule has 1 aromatic carbocycles. The fourth-order valence-corrected chi connectivity index (χ4v) is 2.13. The first-order chi connectivity index (χ1) is 10.5. The quantitative estimate of drug-likeness (QED) is 0.734. The van der Waals surface area contributed by atoms with E-state index in [0.717, 1.165) is 0 Å². The number of halogens is 1. The Balaban J connectivity index is 0.00000264. The van der Waals surface area contributed by atoms with Crippen molar-refractivity contribution in [3.05, 3.63) is 18.2 Å². The van der Waals surface area contributed by atoms with Crippen LogP contribution in [0.4, 0.5) is 16.2 Å². The maximum absolute atomic E-state index is 11.9. The first-order valence-electron chi connectivity index (χ1n) is 6.84. The van der Waals surface area contributed by atoms with E-state index in [2.05, 4.69) is 10.6 Å². The van der Waals surface area contributed by atoms with E-state index in [1.807, 2.05) is 0 Å². The lowest BCUT2D eigenvalue weighted by Gasteiger charge is -2.28. The van der Waals surface area contributed by atoms with Gasteiger partial charge >= 0.3 is 6.03 Å². The maximum Gasteiger partial charge on any atom is 0.328 e. The van der Waals surface area contributed by atoms with Gasteiger partial charge in [-0.2, -0.15) is 0 Å². The smallest absolute Gasteiger partial charge is 0.328 e. The molecule has 0 aliphatic carbocycles. The van der Waals surface area contributed by atoms with Crippen LogP contribution in [0.2, 0.25) is 0 Å². The lowest BCUT2D eigenvalue weighted by Crippen LogP contribution is -2.49. The van der Waals surface area contributed by atoms with Crippen molar-refractivity contribution < 1.29 is 19.1 Å². The standard InChI is InChI=1S/C14H18N4O4.ClH/c1-22-11-8-9(16-12(19)4-6-15)2-3-10(11)18-7-5-13(20)17-14(18)21;/h2-3,8H,4-7,15H2,1H3,(H,16,19)(H,17,20,21);1H. The molecule has 0 bridgehead atoms. The van der Waals surface area contributed by atoms with Gasteiger partial charge in [0.2, 0.25) is 11.8 Å². The summed E-state index contributed by atoms with van der Waals surface area (Å²) in [4.78, 5) is 36.0. The minimum absolute atomic E-state index is 0. The van der Waals surface area contributed by atoms with Crippen molar-refractivity contribution >= 4 is 41.6 Å². The van der Waals surface area contributed by atoms with Gasteiger partial charge in [-0.25, -0.2) is 4.79 Å². The summed E-state index contributed by atoms with van der Waals surface area (Å²) < 4.78 is 5.27. The third-order valence-corrected chi connectivity index (χ3v) is 3.18. The number of anilines is 2. The molecule has 23 heavy (non-hydrogen) atoms. The van der Waals surface area contributed by atoms with Crippen LogP contribution in [0.1, 0.15) is 12.8 Å². The van der Waals surface area contributed by atoms with Crippen LogP contribution in [-0.4, -0.2) is 38.0 Å². The van der Waals surface area contributed by atoms with Gasteiger partial charge in [0.1, 0.15) is 5.75 Å². The van der Waals surface area contributed by atoms with Gasteiger partial charge in [-0.3, -0.25) is 19.8 Å². The molecular weight excluding hydrogens is 324 g/mol. The number of methoxy groups -OCH3 is 1. The molecule has 1 aromatic rings. The van der Waals surface area contributed by atoms with E-state index >= 15 is 0 Å². The summed E-state index contributed by atoms with van der Waals surface area (Å²) in [5, 5.41) is 4.95. The Bertz CT molecular complexity index is 608. The predicted octanol–water partition coefficient (Wildman–Crippen LogP) is 0.851. The summed E-state index contributed by atoms with van der Waals surface area (Å²) in [5.41, 5.74) is 6.40. The molecule has 0 unspecified atom stereocenters. The highest BCUT2D eigenvalue weighted by atomic mass is 35.5. The topological polar surface area (TPSA) is 114 Å². The van der Waals surface area contributed by atoms with Crippen LogP contribution in [0.5, 0.6) is 5.75 Å². The van der Waals surface area contributed by atoms with Crippen LogP contribution in [0, 0.1) is 0 Å². The molecule has 1 saturated heterocycles. The largest absolute Gasteiger partial charge is 0.494 e. The van der Waals surface area contributed by atoms with Crippen LogP contribution in [0.25, 0.3) is 0 Å². The molecule has 9 heteroatoms. The molecule has 0 atom stereocenters. The van der Waals surface area contributed by atoms with Gasteiger partial charge in [0.05, 0.1) is 12.8 Å². The minimum atomic E-state index is -0.491. The van der Waals surface area contributed by atoms with Gasteiger partial charge in [-0.05, 0) is 12.1 Å².